The van der Waals surface area contributed by atoms with Gasteiger partial charge in [0.25, 0.3) is 5.88 Å². The van der Waals surface area contributed by atoms with E-state index in [1.54, 1.807) is 23.1 Å². The van der Waals surface area contributed by atoms with E-state index < -0.39 is 0 Å². The van der Waals surface area contributed by atoms with E-state index in [0.717, 1.165) is 49.9 Å². The molecule has 15 heteroatoms. The molecule has 1 saturated carbocycles. The first-order valence-electron chi connectivity index (χ1n) is 15.8. The van der Waals surface area contributed by atoms with Crippen LogP contribution in [0.4, 0.5) is 11.6 Å². The summed E-state index contributed by atoms with van der Waals surface area (Å²) in [6.45, 7) is 8.72. The Balaban J connectivity index is 1.10. The number of aliphatic hydroxyl groups is 1. The summed E-state index contributed by atoms with van der Waals surface area (Å²) < 4.78 is 21.4. The summed E-state index contributed by atoms with van der Waals surface area (Å²) in [7, 11) is 0. The van der Waals surface area contributed by atoms with Gasteiger partial charge in [-0.1, -0.05) is 17.7 Å². The smallest absolute Gasteiger partial charge is 0.257 e. The van der Waals surface area contributed by atoms with Crippen LogP contribution in [0.5, 0.6) is 11.6 Å². The van der Waals surface area contributed by atoms with Crippen LogP contribution < -0.4 is 14.8 Å². The van der Waals surface area contributed by atoms with Gasteiger partial charge in [-0.05, 0) is 74.6 Å². The maximum atomic E-state index is 9.39. The molecule has 2 N–H and O–H groups in total. The van der Waals surface area contributed by atoms with Gasteiger partial charge in [0, 0.05) is 37.1 Å². The molecule has 4 heterocycles. The molecule has 0 unspecified atom stereocenters. The van der Waals surface area contributed by atoms with Crippen LogP contribution in [-0.4, -0.2) is 101 Å². The molecule has 6 rings (SSSR count). The highest BCUT2D eigenvalue weighted by Gasteiger charge is 2.32. The highest BCUT2D eigenvalue weighted by atomic mass is 35.5. The average molecular weight is 653 g/mol. The second-order valence-corrected chi connectivity index (χ2v) is 12.5. The summed E-state index contributed by atoms with van der Waals surface area (Å²) in [6, 6.07) is 6.38. The van der Waals surface area contributed by atoms with Gasteiger partial charge in [-0.25, -0.2) is 14.6 Å². The van der Waals surface area contributed by atoms with Gasteiger partial charge in [0.15, 0.2) is 0 Å². The van der Waals surface area contributed by atoms with Crippen molar-refractivity contribution in [2.24, 2.45) is 0 Å². The molecule has 0 radical (unpaired) electrons. The van der Waals surface area contributed by atoms with E-state index in [9.17, 15) is 5.11 Å². The molecule has 1 aromatic carbocycles. The van der Waals surface area contributed by atoms with E-state index in [1.165, 1.54) is 6.33 Å². The van der Waals surface area contributed by atoms with Crippen molar-refractivity contribution in [3.8, 4) is 22.8 Å². The minimum absolute atomic E-state index is 0.109. The zero-order chi connectivity index (χ0) is 32.0. The number of halogens is 1. The number of aliphatic hydroxyl groups excluding tert-OH is 1. The maximum Gasteiger partial charge on any atom is 0.257 e. The Morgan fingerprint density at radius 1 is 1.07 bits per heavy atom. The first-order chi connectivity index (χ1) is 22.3. The molecule has 1 aliphatic heterocycles. The average Bonchev–Trinajstić information content (AvgIpc) is 3.71. The molecule has 3 atom stereocenters. The van der Waals surface area contributed by atoms with Gasteiger partial charge in [-0.3, -0.25) is 9.58 Å². The molecule has 4 aromatic rings. The van der Waals surface area contributed by atoms with Gasteiger partial charge in [0.2, 0.25) is 5.95 Å². The highest BCUT2D eigenvalue weighted by molar-refractivity contribution is 6.32. The van der Waals surface area contributed by atoms with Crippen molar-refractivity contribution in [3.05, 3.63) is 48.1 Å². The van der Waals surface area contributed by atoms with Gasteiger partial charge in [-0.15, -0.1) is 10.2 Å². The number of aromatic nitrogens is 8. The highest BCUT2D eigenvalue weighted by Crippen LogP contribution is 2.36. The number of morpholine rings is 1. The summed E-state index contributed by atoms with van der Waals surface area (Å²) in [4.78, 5) is 11.7. The predicted octanol–water partition coefficient (Wildman–Crippen LogP) is 4.16. The van der Waals surface area contributed by atoms with Crippen molar-refractivity contribution in [2.75, 3.05) is 31.6 Å². The molecule has 0 amide bonds. The van der Waals surface area contributed by atoms with Crippen LogP contribution in [0.2, 0.25) is 5.02 Å². The molecule has 2 fully saturated rings. The zero-order valence-electron chi connectivity index (χ0n) is 26.4. The molecule has 2 aliphatic rings. The quantitative estimate of drug-likeness (QED) is 0.226. The molecule has 246 valence electrons. The zero-order valence-corrected chi connectivity index (χ0v) is 27.1. The Hall–Kier alpha value is -3.85. The lowest BCUT2D eigenvalue weighted by Crippen LogP contribution is -2.51. The largest absolute Gasteiger partial charge is 0.487 e. The van der Waals surface area contributed by atoms with Gasteiger partial charge in [0.1, 0.15) is 30.5 Å². The number of ether oxygens (including phenoxy) is 3. The molecule has 1 saturated heterocycles. The fourth-order valence-electron chi connectivity index (χ4n) is 6.32. The second kappa shape index (κ2) is 14.7. The fraction of sp³-hybridized carbons (Fsp3) is 0.548. The van der Waals surface area contributed by atoms with Crippen molar-refractivity contribution >= 4 is 23.2 Å². The van der Waals surface area contributed by atoms with E-state index >= 15 is 0 Å². The van der Waals surface area contributed by atoms with E-state index in [-0.39, 0.29) is 37.6 Å². The van der Waals surface area contributed by atoms with Gasteiger partial charge in [0.05, 0.1) is 42.6 Å². The Kier molecular flexibility index (Phi) is 10.3. The number of nitrogens with zero attached hydrogens (tertiary/aromatic N) is 9. The molecule has 46 heavy (non-hydrogen) atoms. The van der Waals surface area contributed by atoms with E-state index in [2.05, 4.69) is 49.6 Å². The molecule has 1 aliphatic carbocycles. The first kappa shape index (κ1) is 32.1. The number of rotatable bonds is 12. The molecule has 0 spiro atoms. The SMILES string of the molecule is C[C@@H]1CN([C@H]2CC[C@H](n3cc(Nc4ncc(-c5ccc(Cl)c(O[C@@H](C)Cn6cnnn6)c5)cn4)c(OCCO)n3)CC2)C[C@H](C)O1. The summed E-state index contributed by atoms with van der Waals surface area (Å²) in [5, 5.41) is 29.1. The Morgan fingerprint density at radius 3 is 2.50 bits per heavy atom. The minimum atomic E-state index is -0.213. The van der Waals surface area contributed by atoms with E-state index in [1.807, 2.05) is 29.9 Å². The van der Waals surface area contributed by atoms with Crippen molar-refractivity contribution in [3.63, 3.8) is 0 Å². The van der Waals surface area contributed by atoms with Crippen molar-refractivity contribution < 1.29 is 19.3 Å². The maximum absolute atomic E-state index is 9.39. The van der Waals surface area contributed by atoms with Crippen molar-refractivity contribution in [2.45, 2.75) is 83.4 Å². The Morgan fingerprint density at radius 2 is 1.80 bits per heavy atom. The normalized spacial score (nSPS) is 22.8. The van der Waals surface area contributed by atoms with Crippen LogP contribution in [-0.2, 0) is 11.3 Å². The van der Waals surface area contributed by atoms with Gasteiger partial charge in [-0.2, -0.15) is 0 Å². The second-order valence-electron chi connectivity index (χ2n) is 12.1. The Bertz CT molecular complexity index is 1540. The number of nitrogens with one attached hydrogen (secondary N) is 1. The van der Waals surface area contributed by atoms with Crippen molar-refractivity contribution in [1.29, 1.82) is 0 Å². The molecular formula is C31H41ClN10O4. The molecular weight excluding hydrogens is 612 g/mol. The lowest BCUT2D eigenvalue weighted by Gasteiger charge is -2.42. The number of hydrogen-bond donors (Lipinski definition) is 2. The fourth-order valence-corrected chi connectivity index (χ4v) is 6.48. The number of tetrazole rings is 1. The van der Waals surface area contributed by atoms with Gasteiger partial charge >= 0.3 is 0 Å². The number of anilines is 2. The Labute approximate surface area is 273 Å². The minimum Gasteiger partial charge on any atom is -0.487 e. The first-order valence-corrected chi connectivity index (χ1v) is 16.2. The van der Waals surface area contributed by atoms with Crippen LogP contribution in [0, 0.1) is 0 Å². The molecule has 0 bridgehead atoms. The topological polar surface area (TPSA) is 150 Å². The monoisotopic (exact) mass is 652 g/mol. The van der Waals surface area contributed by atoms with E-state index in [4.69, 9.17) is 30.9 Å². The molecule has 14 nitrogen and oxygen atoms in total. The summed E-state index contributed by atoms with van der Waals surface area (Å²) in [5.41, 5.74) is 2.31. The standard InChI is InChI=1S/C31H41ClN10O4/c1-20-15-40(16-21(2)45-20)25-5-7-26(8-6-25)42-18-28(30(37-42)44-11-10-43)36-31-33-13-24(14-34-31)23-4-9-27(32)29(12-23)46-22(3)17-41-19-35-38-39-41/h4,9,12-14,18-22,25-26,43H,5-8,10-11,15-17H2,1-3H3,(H,33,34,36)/t20-,21+,22-,25-,26-/m0/s1. The van der Waals surface area contributed by atoms with Gasteiger partial charge < -0.3 is 24.6 Å². The third kappa shape index (κ3) is 7.92. The number of benzene rings is 1. The lowest BCUT2D eigenvalue weighted by molar-refractivity contribution is -0.0852. The third-order valence-electron chi connectivity index (χ3n) is 8.36. The lowest BCUT2D eigenvalue weighted by atomic mass is 9.89. The van der Waals surface area contributed by atoms with Crippen LogP contribution in [0.1, 0.15) is 52.5 Å². The summed E-state index contributed by atoms with van der Waals surface area (Å²) >= 11 is 6.43. The van der Waals surface area contributed by atoms with Crippen LogP contribution in [0.15, 0.2) is 43.1 Å². The van der Waals surface area contributed by atoms with Crippen LogP contribution >= 0.6 is 11.6 Å². The summed E-state index contributed by atoms with van der Waals surface area (Å²) in [5.74, 6) is 1.36. The number of hydrogen-bond acceptors (Lipinski definition) is 12. The third-order valence-corrected chi connectivity index (χ3v) is 8.67. The predicted molar refractivity (Wildman–Crippen MR) is 171 cm³/mol. The van der Waals surface area contributed by atoms with E-state index in [0.29, 0.717) is 40.9 Å². The van der Waals surface area contributed by atoms with Crippen LogP contribution in [0.3, 0.4) is 0 Å². The van der Waals surface area contributed by atoms with Crippen molar-refractivity contribution in [1.82, 2.24) is 44.9 Å². The molecule has 3 aromatic heterocycles. The van der Waals surface area contributed by atoms with Crippen LogP contribution in [0.25, 0.3) is 11.1 Å². The summed E-state index contributed by atoms with van der Waals surface area (Å²) in [6.07, 6.45) is 11.6.